The van der Waals surface area contributed by atoms with Gasteiger partial charge in [0.25, 0.3) is 0 Å². The lowest BCUT2D eigenvalue weighted by atomic mass is 10.2. The second kappa shape index (κ2) is 8.34. The van der Waals surface area contributed by atoms with Crippen molar-refractivity contribution < 1.29 is 4.79 Å². The standard InChI is InChI=1S/C18H25ClN4OS/c1-14-15(19)5-4-6-16(14)20-18(25)23-11-9-21(10-12-23)13-17(24)22-7-2-3-8-22/h4-6H,2-3,7-13H2,1H3,(H,20,25). The van der Waals surface area contributed by atoms with Gasteiger partial charge in [0.05, 0.1) is 6.54 Å². The first-order valence-corrected chi connectivity index (χ1v) is 9.64. The first kappa shape index (κ1) is 18.4. The van der Waals surface area contributed by atoms with Gasteiger partial charge in [0.1, 0.15) is 0 Å². The maximum absolute atomic E-state index is 12.3. The molecule has 1 amide bonds. The fraction of sp³-hybridized carbons (Fsp3) is 0.556. The van der Waals surface area contributed by atoms with Crippen molar-refractivity contribution in [3.8, 4) is 0 Å². The summed E-state index contributed by atoms with van der Waals surface area (Å²) in [5.74, 6) is 0.265. The van der Waals surface area contributed by atoms with E-state index >= 15 is 0 Å². The Morgan fingerprint density at radius 3 is 2.48 bits per heavy atom. The Labute approximate surface area is 159 Å². The minimum absolute atomic E-state index is 0.265. The molecule has 0 radical (unpaired) electrons. The predicted molar refractivity (Wildman–Crippen MR) is 106 cm³/mol. The van der Waals surface area contributed by atoms with Crippen LogP contribution in [-0.2, 0) is 4.79 Å². The Kier molecular flexibility index (Phi) is 6.15. The van der Waals surface area contributed by atoms with Crippen molar-refractivity contribution >= 4 is 40.5 Å². The fourth-order valence-electron chi connectivity index (χ4n) is 3.30. The van der Waals surface area contributed by atoms with Crippen LogP contribution in [0.2, 0.25) is 5.02 Å². The number of hydrogen-bond donors (Lipinski definition) is 1. The molecule has 2 heterocycles. The summed E-state index contributed by atoms with van der Waals surface area (Å²) in [6.45, 7) is 7.73. The van der Waals surface area contributed by atoms with Gasteiger partial charge in [-0.1, -0.05) is 17.7 Å². The molecule has 2 saturated heterocycles. The molecule has 0 bridgehead atoms. The first-order valence-electron chi connectivity index (χ1n) is 8.86. The van der Waals surface area contributed by atoms with Crippen molar-refractivity contribution in [3.05, 3.63) is 28.8 Å². The molecule has 7 heteroatoms. The normalized spacial score (nSPS) is 18.5. The van der Waals surface area contributed by atoms with Crippen LogP contribution in [0.25, 0.3) is 0 Å². The molecule has 2 fully saturated rings. The number of nitrogens with zero attached hydrogens (tertiary/aromatic N) is 3. The molecule has 0 unspecified atom stereocenters. The van der Waals surface area contributed by atoms with E-state index in [0.717, 1.165) is 73.5 Å². The number of piperazine rings is 1. The van der Waals surface area contributed by atoms with Gasteiger partial charge < -0.3 is 15.1 Å². The molecule has 2 aliphatic rings. The zero-order chi connectivity index (χ0) is 17.8. The molecule has 1 N–H and O–H groups in total. The number of amides is 1. The molecule has 2 aliphatic heterocycles. The first-order chi connectivity index (χ1) is 12.0. The maximum Gasteiger partial charge on any atom is 0.236 e. The molecule has 0 saturated carbocycles. The van der Waals surface area contributed by atoms with Crippen molar-refractivity contribution in [2.24, 2.45) is 0 Å². The smallest absolute Gasteiger partial charge is 0.236 e. The molecule has 1 aromatic carbocycles. The van der Waals surface area contributed by atoms with Crippen LogP contribution < -0.4 is 5.32 Å². The van der Waals surface area contributed by atoms with Crippen molar-refractivity contribution in [2.75, 3.05) is 51.1 Å². The number of carbonyl (C=O) groups is 1. The summed E-state index contributed by atoms with van der Waals surface area (Å²) in [5, 5.41) is 4.75. The summed E-state index contributed by atoms with van der Waals surface area (Å²) >= 11 is 11.7. The second-order valence-electron chi connectivity index (χ2n) is 6.69. The van der Waals surface area contributed by atoms with Crippen LogP contribution in [0.1, 0.15) is 18.4 Å². The lowest BCUT2D eigenvalue weighted by Gasteiger charge is -2.36. The van der Waals surface area contributed by atoms with Gasteiger partial charge in [-0.2, -0.15) is 0 Å². The quantitative estimate of drug-likeness (QED) is 0.816. The molecular formula is C18H25ClN4OS. The number of benzene rings is 1. The number of rotatable bonds is 3. The highest BCUT2D eigenvalue weighted by Gasteiger charge is 2.24. The summed E-state index contributed by atoms with van der Waals surface area (Å²) < 4.78 is 0. The van der Waals surface area contributed by atoms with Crippen LogP contribution in [-0.4, -0.2) is 71.5 Å². The van der Waals surface area contributed by atoms with E-state index in [1.165, 1.54) is 0 Å². The number of hydrogen-bond acceptors (Lipinski definition) is 3. The molecule has 0 aromatic heterocycles. The zero-order valence-corrected chi connectivity index (χ0v) is 16.2. The predicted octanol–water partition coefficient (Wildman–Crippen LogP) is 2.59. The highest BCUT2D eigenvalue weighted by Crippen LogP contribution is 2.23. The minimum atomic E-state index is 0.265. The Bertz CT molecular complexity index is 640. The van der Waals surface area contributed by atoms with Crippen molar-refractivity contribution in [3.63, 3.8) is 0 Å². The molecule has 3 rings (SSSR count). The molecule has 0 atom stereocenters. The van der Waals surface area contributed by atoms with E-state index in [0.29, 0.717) is 6.54 Å². The monoisotopic (exact) mass is 380 g/mol. The van der Waals surface area contributed by atoms with Gasteiger partial charge in [0.15, 0.2) is 5.11 Å². The molecule has 1 aromatic rings. The van der Waals surface area contributed by atoms with E-state index in [-0.39, 0.29) is 5.91 Å². The summed E-state index contributed by atoms with van der Waals surface area (Å²) in [7, 11) is 0. The third kappa shape index (κ3) is 4.63. The molecule has 25 heavy (non-hydrogen) atoms. The second-order valence-corrected chi connectivity index (χ2v) is 7.49. The van der Waals surface area contributed by atoms with Gasteiger partial charge in [-0.15, -0.1) is 0 Å². The Morgan fingerprint density at radius 2 is 1.80 bits per heavy atom. The number of thiocarbonyl (C=S) groups is 1. The lowest BCUT2D eigenvalue weighted by Crippen LogP contribution is -2.52. The van der Waals surface area contributed by atoms with E-state index in [9.17, 15) is 4.79 Å². The molecule has 5 nitrogen and oxygen atoms in total. The average Bonchev–Trinajstić information content (AvgIpc) is 3.14. The van der Waals surface area contributed by atoms with Crippen LogP contribution >= 0.6 is 23.8 Å². The van der Waals surface area contributed by atoms with Gasteiger partial charge in [-0.3, -0.25) is 9.69 Å². The Morgan fingerprint density at radius 1 is 1.12 bits per heavy atom. The van der Waals surface area contributed by atoms with Gasteiger partial charge >= 0.3 is 0 Å². The summed E-state index contributed by atoms with van der Waals surface area (Å²) in [6, 6.07) is 5.78. The highest BCUT2D eigenvalue weighted by atomic mass is 35.5. The van der Waals surface area contributed by atoms with E-state index in [1.54, 1.807) is 0 Å². The van der Waals surface area contributed by atoms with Gasteiger partial charge in [-0.25, -0.2) is 0 Å². The average molecular weight is 381 g/mol. The van der Waals surface area contributed by atoms with Crippen LogP contribution in [0.5, 0.6) is 0 Å². The highest BCUT2D eigenvalue weighted by molar-refractivity contribution is 7.80. The van der Waals surface area contributed by atoms with E-state index in [2.05, 4.69) is 15.1 Å². The van der Waals surface area contributed by atoms with Crippen LogP contribution in [0.15, 0.2) is 18.2 Å². The van der Waals surface area contributed by atoms with Gasteiger partial charge in [-0.05, 0) is 49.7 Å². The third-order valence-electron chi connectivity index (χ3n) is 4.99. The fourth-order valence-corrected chi connectivity index (χ4v) is 3.77. The molecular weight excluding hydrogens is 356 g/mol. The number of carbonyl (C=O) groups excluding carboxylic acids is 1. The van der Waals surface area contributed by atoms with E-state index in [4.69, 9.17) is 23.8 Å². The maximum atomic E-state index is 12.3. The van der Waals surface area contributed by atoms with Crippen molar-refractivity contribution in [2.45, 2.75) is 19.8 Å². The van der Waals surface area contributed by atoms with Gasteiger partial charge in [0, 0.05) is 50.0 Å². The molecule has 136 valence electrons. The van der Waals surface area contributed by atoms with Gasteiger partial charge in [0.2, 0.25) is 5.91 Å². The van der Waals surface area contributed by atoms with E-state index < -0.39 is 0 Å². The summed E-state index contributed by atoms with van der Waals surface area (Å²) in [6.07, 6.45) is 2.28. The summed E-state index contributed by atoms with van der Waals surface area (Å²) in [4.78, 5) is 18.6. The third-order valence-corrected chi connectivity index (χ3v) is 5.76. The SMILES string of the molecule is Cc1c(Cl)cccc1NC(=S)N1CCN(CC(=O)N2CCCC2)CC1. The topological polar surface area (TPSA) is 38.8 Å². The van der Waals surface area contributed by atoms with E-state index in [1.807, 2.05) is 30.0 Å². The Balaban J connectivity index is 1.47. The van der Waals surface area contributed by atoms with Crippen LogP contribution in [0, 0.1) is 6.92 Å². The molecule has 0 spiro atoms. The van der Waals surface area contributed by atoms with Crippen LogP contribution in [0.4, 0.5) is 5.69 Å². The number of halogens is 1. The Hall–Kier alpha value is -1.37. The number of likely N-dealkylation sites (tertiary alicyclic amines) is 1. The largest absolute Gasteiger partial charge is 0.346 e. The van der Waals surface area contributed by atoms with Crippen molar-refractivity contribution in [1.82, 2.24) is 14.7 Å². The number of anilines is 1. The molecule has 0 aliphatic carbocycles. The van der Waals surface area contributed by atoms with Crippen molar-refractivity contribution in [1.29, 1.82) is 0 Å². The number of nitrogens with one attached hydrogen (secondary N) is 1. The zero-order valence-electron chi connectivity index (χ0n) is 14.6. The summed E-state index contributed by atoms with van der Waals surface area (Å²) in [5.41, 5.74) is 1.95. The lowest BCUT2D eigenvalue weighted by molar-refractivity contribution is -0.131. The minimum Gasteiger partial charge on any atom is -0.346 e. The van der Waals surface area contributed by atoms with Crippen LogP contribution in [0.3, 0.4) is 0 Å².